The molecule has 1 aromatic rings. The van der Waals surface area contributed by atoms with E-state index in [-0.39, 0.29) is 12.5 Å². The van der Waals surface area contributed by atoms with E-state index in [4.69, 9.17) is 5.26 Å². The highest BCUT2D eigenvalue weighted by Crippen LogP contribution is 2.37. The van der Waals surface area contributed by atoms with Crippen molar-refractivity contribution >= 4 is 17.2 Å². The van der Waals surface area contributed by atoms with Crippen LogP contribution in [0.3, 0.4) is 0 Å². The van der Waals surface area contributed by atoms with Gasteiger partial charge < -0.3 is 10.4 Å². The lowest BCUT2D eigenvalue weighted by Crippen LogP contribution is -2.40. The number of rotatable bonds is 4. The maximum absolute atomic E-state index is 12.0. The Morgan fingerprint density at radius 2 is 2.33 bits per heavy atom. The first-order valence-corrected chi connectivity index (χ1v) is 6.97. The number of carbonyl (C=O) groups excluding carboxylic acids is 1. The fourth-order valence-electron chi connectivity index (χ4n) is 2.31. The molecule has 5 heteroatoms. The number of amides is 1. The van der Waals surface area contributed by atoms with Gasteiger partial charge in [-0.3, -0.25) is 4.79 Å². The van der Waals surface area contributed by atoms with Gasteiger partial charge in [0.1, 0.15) is 11.5 Å². The Labute approximate surface area is 110 Å². The summed E-state index contributed by atoms with van der Waals surface area (Å²) in [5, 5.41) is 23.6. The Hall–Kier alpha value is -1.38. The van der Waals surface area contributed by atoms with Crippen LogP contribution in [0.2, 0.25) is 0 Å². The van der Waals surface area contributed by atoms with E-state index in [1.165, 1.54) is 11.3 Å². The smallest absolute Gasteiger partial charge is 0.240 e. The molecule has 0 aromatic carbocycles. The van der Waals surface area contributed by atoms with Gasteiger partial charge in [0.25, 0.3) is 0 Å². The number of thiophene rings is 1. The second-order valence-corrected chi connectivity index (χ2v) is 5.62. The Bertz CT molecular complexity index is 444. The number of nitrogens with one attached hydrogen (secondary N) is 1. The maximum Gasteiger partial charge on any atom is 0.240 e. The zero-order valence-corrected chi connectivity index (χ0v) is 10.9. The van der Waals surface area contributed by atoms with Crippen LogP contribution in [0.25, 0.3) is 0 Å². The lowest BCUT2D eigenvalue weighted by molar-refractivity contribution is -0.128. The van der Waals surface area contributed by atoms with Crippen LogP contribution in [0.15, 0.2) is 17.5 Å². The van der Waals surface area contributed by atoms with Gasteiger partial charge in [-0.1, -0.05) is 18.9 Å². The van der Waals surface area contributed by atoms with Gasteiger partial charge in [-0.25, -0.2) is 0 Å². The lowest BCUT2D eigenvalue weighted by atomic mass is 9.87. The fraction of sp³-hybridized carbons (Fsp3) is 0.538. The van der Waals surface area contributed by atoms with Gasteiger partial charge in [0.15, 0.2) is 0 Å². The van der Waals surface area contributed by atoms with Crippen molar-refractivity contribution in [1.82, 2.24) is 5.32 Å². The molecule has 0 radical (unpaired) electrons. The highest BCUT2D eigenvalue weighted by molar-refractivity contribution is 7.10. The molecule has 0 aliphatic heterocycles. The van der Waals surface area contributed by atoms with Crippen molar-refractivity contribution < 1.29 is 9.90 Å². The summed E-state index contributed by atoms with van der Waals surface area (Å²) >= 11 is 1.45. The van der Waals surface area contributed by atoms with E-state index in [2.05, 4.69) is 11.4 Å². The molecule has 0 spiro atoms. The quantitative estimate of drug-likeness (QED) is 0.873. The number of carbonyl (C=O) groups is 1. The minimum absolute atomic E-state index is 0.169. The molecule has 2 N–H and O–H groups in total. The summed E-state index contributed by atoms with van der Waals surface area (Å²) in [6.07, 6.45) is 2.42. The topological polar surface area (TPSA) is 73.1 Å². The van der Waals surface area contributed by atoms with Crippen molar-refractivity contribution in [1.29, 1.82) is 5.26 Å². The van der Waals surface area contributed by atoms with Gasteiger partial charge in [-0.15, -0.1) is 11.3 Å². The van der Waals surface area contributed by atoms with Crippen LogP contribution in [-0.4, -0.2) is 17.6 Å². The number of nitrogens with zero attached hydrogens (tertiary/aromatic N) is 1. The third kappa shape index (κ3) is 2.55. The number of hydrogen-bond donors (Lipinski definition) is 2. The molecule has 18 heavy (non-hydrogen) atoms. The van der Waals surface area contributed by atoms with E-state index in [0.717, 1.165) is 17.7 Å². The summed E-state index contributed by atoms with van der Waals surface area (Å²) in [5.74, 6) is -0.238. The highest BCUT2D eigenvalue weighted by atomic mass is 32.1. The average Bonchev–Trinajstić information content (AvgIpc) is 3.06. The molecule has 1 saturated carbocycles. The number of aliphatic hydroxyl groups excluding tert-OH is 1. The molecule has 0 bridgehead atoms. The Balaban J connectivity index is 1.90. The summed E-state index contributed by atoms with van der Waals surface area (Å²) in [7, 11) is 0. The van der Waals surface area contributed by atoms with Crippen molar-refractivity contribution in [2.75, 3.05) is 6.54 Å². The van der Waals surface area contributed by atoms with Crippen LogP contribution in [0.5, 0.6) is 0 Å². The minimum Gasteiger partial charge on any atom is -0.386 e. The minimum atomic E-state index is -0.866. The third-order valence-corrected chi connectivity index (χ3v) is 4.41. The predicted octanol–water partition coefficient (Wildman–Crippen LogP) is 1.98. The van der Waals surface area contributed by atoms with Crippen molar-refractivity contribution in [3.63, 3.8) is 0 Å². The number of nitriles is 1. The van der Waals surface area contributed by atoms with Crippen molar-refractivity contribution in [3.05, 3.63) is 22.4 Å². The molecular formula is C13H16N2O2S. The Morgan fingerprint density at radius 1 is 1.61 bits per heavy atom. The van der Waals surface area contributed by atoms with E-state index in [9.17, 15) is 9.90 Å². The summed E-state index contributed by atoms with van der Waals surface area (Å²) in [6, 6.07) is 5.84. The summed E-state index contributed by atoms with van der Waals surface area (Å²) in [5.41, 5.74) is -0.866. The molecule has 0 saturated heterocycles. The largest absolute Gasteiger partial charge is 0.386 e. The number of hydrogen-bond acceptors (Lipinski definition) is 4. The van der Waals surface area contributed by atoms with E-state index in [1.807, 2.05) is 17.5 Å². The summed E-state index contributed by atoms with van der Waals surface area (Å²) < 4.78 is 0. The van der Waals surface area contributed by atoms with E-state index >= 15 is 0 Å². The van der Waals surface area contributed by atoms with Crippen molar-refractivity contribution in [2.24, 2.45) is 5.41 Å². The molecule has 2 rings (SSSR count). The molecule has 96 valence electrons. The summed E-state index contributed by atoms with van der Waals surface area (Å²) in [6.45, 7) is 0.169. The van der Waals surface area contributed by atoms with E-state index < -0.39 is 11.5 Å². The molecule has 1 fully saturated rings. The van der Waals surface area contributed by atoms with Crippen LogP contribution in [-0.2, 0) is 4.79 Å². The zero-order chi connectivity index (χ0) is 13.0. The van der Waals surface area contributed by atoms with Gasteiger partial charge in [0.2, 0.25) is 5.91 Å². The lowest BCUT2D eigenvalue weighted by Gasteiger charge is -2.20. The van der Waals surface area contributed by atoms with Gasteiger partial charge in [-0.05, 0) is 24.3 Å². The van der Waals surface area contributed by atoms with E-state index in [0.29, 0.717) is 12.8 Å². The highest BCUT2D eigenvalue weighted by Gasteiger charge is 2.41. The van der Waals surface area contributed by atoms with Crippen molar-refractivity contribution in [3.8, 4) is 6.07 Å². The zero-order valence-electron chi connectivity index (χ0n) is 10.1. The van der Waals surface area contributed by atoms with Crippen LogP contribution in [0.4, 0.5) is 0 Å². The van der Waals surface area contributed by atoms with Crippen LogP contribution < -0.4 is 5.32 Å². The Morgan fingerprint density at radius 3 is 2.89 bits per heavy atom. The molecule has 1 aliphatic rings. The SMILES string of the molecule is N#CC1(C(=O)NCC(O)c2cccs2)CCCC1. The van der Waals surface area contributed by atoms with Crippen molar-refractivity contribution in [2.45, 2.75) is 31.8 Å². The maximum atomic E-state index is 12.0. The molecule has 1 unspecified atom stereocenters. The standard InChI is InChI=1S/C13H16N2O2S/c14-9-13(5-1-2-6-13)12(17)15-8-10(16)11-4-3-7-18-11/h3-4,7,10,16H,1-2,5-6,8H2,(H,15,17). The first-order chi connectivity index (χ1) is 8.68. The molecule has 1 heterocycles. The van der Waals surface area contributed by atoms with Crippen LogP contribution in [0.1, 0.15) is 36.7 Å². The van der Waals surface area contributed by atoms with Gasteiger partial charge in [0.05, 0.1) is 6.07 Å². The van der Waals surface area contributed by atoms with Crippen LogP contribution >= 0.6 is 11.3 Å². The van der Waals surface area contributed by atoms with E-state index in [1.54, 1.807) is 0 Å². The molecule has 4 nitrogen and oxygen atoms in total. The molecule has 1 aromatic heterocycles. The Kier molecular flexibility index (Phi) is 4.00. The second-order valence-electron chi connectivity index (χ2n) is 4.64. The summed E-state index contributed by atoms with van der Waals surface area (Å²) in [4.78, 5) is 12.9. The monoisotopic (exact) mass is 264 g/mol. The fourth-order valence-corrected chi connectivity index (χ4v) is 3.02. The normalized spacial score (nSPS) is 19.1. The third-order valence-electron chi connectivity index (χ3n) is 3.43. The van der Waals surface area contributed by atoms with Gasteiger partial charge in [-0.2, -0.15) is 5.26 Å². The van der Waals surface area contributed by atoms with Crippen LogP contribution in [0, 0.1) is 16.7 Å². The first-order valence-electron chi connectivity index (χ1n) is 6.09. The van der Waals surface area contributed by atoms with Gasteiger partial charge in [0, 0.05) is 11.4 Å². The number of aliphatic hydroxyl groups is 1. The molecular weight excluding hydrogens is 248 g/mol. The second kappa shape index (κ2) is 5.51. The average molecular weight is 264 g/mol. The molecule has 1 aliphatic carbocycles. The molecule has 1 atom stereocenters. The molecule has 1 amide bonds. The predicted molar refractivity (Wildman–Crippen MR) is 68.8 cm³/mol. The first kappa shape index (κ1) is 13.1. The van der Waals surface area contributed by atoms with Gasteiger partial charge >= 0.3 is 0 Å².